The predicted octanol–water partition coefficient (Wildman–Crippen LogP) is 5.38. The number of rotatable bonds is 9. The van der Waals surface area contributed by atoms with Crippen molar-refractivity contribution in [2.45, 2.75) is 44.8 Å². The molecule has 1 aliphatic carbocycles. The number of anilines is 2. The molecule has 1 saturated carbocycles. The molecule has 0 atom stereocenters. The van der Waals surface area contributed by atoms with Gasteiger partial charge in [0.2, 0.25) is 5.91 Å². The molecule has 2 amide bonds. The minimum atomic E-state index is -0.163. The van der Waals surface area contributed by atoms with Gasteiger partial charge in [0.25, 0.3) is 5.91 Å². The standard InChI is InChI=1S/C28H31N3O3/c32-27(19-29-23-15-17-26(18-16-23)34-20-21-7-3-1-4-8-21)30-25-13-11-22(12-14-25)28(33)31-24-9-5-2-6-10-24/h1,3-4,7-8,11-18,24,29H,2,5-6,9-10,19-20H2,(H,30,32)(H,31,33). The summed E-state index contributed by atoms with van der Waals surface area (Å²) < 4.78 is 5.78. The van der Waals surface area contributed by atoms with Crippen LogP contribution in [0.25, 0.3) is 0 Å². The summed E-state index contributed by atoms with van der Waals surface area (Å²) in [6, 6.07) is 24.8. The first kappa shape index (κ1) is 23.4. The van der Waals surface area contributed by atoms with Gasteiger partial charge in [0.05, 0.1) is 6.54 Å². The van der Waals surface area contributed by atoms with Gasteiger partial charge in [0.15, 0.2) is 0 Å². The van der Waals surface area contributed by atoms with E-state index in [0.717, 1.165) is 29.8 Å². The Labute approximate surface area is 200 Å². The minimum Gasteiger partial charge on any atom is -0.489 e. The second-order valence-corrected chi connectivity index (χ2v) is 8.59. The summed E-state index contributed by atoms with van der Waals surface area (Å²) in [4.78, 5) is 24.7. The molecule has 0 heterocycles. The SMILES string of the molecule is O=C(CNc1ccc(OCc2ccccc2)cc1)Nc1ccc(C(=O)NC2CCCCC2)cc1. The number of ether oxygens (including phenoxy) is 1. The van der Waals surface area contributed by atoms with Crippen LogP contribution < -0.4 is 20.7 Å². The zero-order valence-corrected chi connectivity index (χ0v) is 19.3. The molecule has 3 aromatic rings. The summed E-state index contributed by atoms with van der Waals surface area (Å²) in [5.74, 6) is 0.554. The lowest BCUT2D eigenvalue weighted by atomic mass is 9.95. The maximum Gasteiger partial charge on any atom is 0.251 e. The van der Waals surface area contributed by atoms with E-state index in [0.29, 0.717) is 17.9 Å². The highest BCUT2D eigenvalue weighted by atomic mass is 16.5. The molecular formula is C28H31N3O3. The van der Waals surface area contributed by atoms with Crippen LogP contribution in [0.15, 0.2) is 78.9 Å². The van der Waals surface area contributed by atoms with Crippen LogP contribution in [0, 0.1) is 0 Å². The number of hydrogen-bond donors (Lipinski definition) is 3. The Kier molecular flexibility index (Phi) is 8.17. The molecule has 0 spiro atoms. The summed E-state index contributed by atoms with van der Waals surface area (Å²) in [6.45, 7) is 0.644. The number of carbonyl (C=O) groups is 2. The van der Waals surface area contributed by atoms with Gasteiger partial charge in [-0.1, -0.05) is 49.6 Å². The van der Waals surface area contributed by atoms with Crippen molar-refractivity contribution < 1.29 is 14.3 Å². The van der Waals surface area contributed by atoms with Gasteiger partial charge in [-0.3, -0.25) is 9.59 Å². The van der Waals surface area contributed by atoms with E-state index in [-0.39, 0.29) is 24.4 Å². The van der Waals surface area contributed by atoms with E-state index in [4.69, 9.17) is 4.74 Å². The van der Waals surface area contributed by atoms with Crippen molar-refractivity contribution in [2.24, 2.45) is 0 Å². The molecule has 6 heteroatoms. The van der Waals surface area contributed by atoms with Crippen molar-refractivity contribution in [3.8, 4) is 5.75 Å². The van der Waals surface area contributed by atoms with Crippen molar-refractivity contribution >= 4 is 23.2 Å². The summed E-state index contributed by atoms with van der Waals surface area (Å²) in [7, 11) is 0. The van der Waals surface area contributed by atoms with E-state index in [2.05, 4.69) is 16.0 Å². The third-order valence-electron chi connectivity index (χ3n) is 5.93. The van der Waals surface area contributed by atoms with Crippen molar-refractivity contribution in [1.29, 1.82) is 0 Å². The monoisotopic (exact) mass is 457 g/mol. The second-order valence-electron chi connectivity index (χ2n) is 8.59. The molecule has 6 nitrogen and oxygen atoms in total. The summed E-state index contributed by atoms with van der Waals surface area (Å²) in [5.41, 5.74) is 3.21. The molecule has 3 N–H and O–H groups in total. The molecule has 0 unspecified atom stereocenters. The van der Waals surface area contributed by atoms with Crippen LogP contribution in [-0.2, 0) is 11.4 Å². The minimum absolute atomic E-state index is 0.0531. The van der Waals surface area contributed by atoms with E-state index >= 15 is 0 Å². The van der Waals surface area contributed by atoms with E-state index in [1.54, 1.807) is 24.3 Å². The van der Waals surface area contributed by atoms with Gasteiger partial charge < -0.3 is 20.7 Å². The smallest absolute Gasteiger partial charge is 0.251 e. The van der Waals surface area contributed by atoms with Crippen LogP contribution in [0.2, 0.25) is 0 Å². The zero-order chi connectivity index (χ0) is 23.6. The third-order valence-corrected chi connectivity index (χ3v) is 5.93. The molecular weight excluding hydrogens is 426 g/mol. The highest BCUT2D eigenvalue weighted by Crippen LogP contribution is 2.19. The molecule has 0 aromatic heterocycles. The van der Waals surface area contributed by atoms with Crippen LogP contribution in [0.1, 0.15) is 48.0 Å². The van der Waals surface area contributed by atoms with Gasteiger partial charge >= 0.3 is 0 Å². The van der Waals surface area contributed by atoms with Gasteiger partial charge in [-0.25, -0.2) is 0 Å². The summed E-state index contributed by atoms with van der Waals surface area (Å²) >= 11 is 0. The topological polar surface area (TPSA) is 79.5 Å². The fraction of sp³-hybridized carbons (Fsp3) is 0.286. The van der Waals surface area contributed by atoms with E-state index in [1.807, 2.05) is 54.6 Å². The lowest BCUT2D eigenvalue weighted by Gasteiger charge is -2.22. The Balaban J connectivity index is 1.19. The first-order valence-electron chi connectivity index (χ1n) is 11.9. The fourth-order valence-corrected chi connectivity index (χ4v) is 4.02. The van der Waals surface area contributed by atoms with Crippen molar-refractivity contribution in [2.75, 3.05) is 17.2 Å². The van der Waals surface area contributed by atoms with E-state index in [9.17, 15) is 9.59 Å². The highest BCUT2D eigenvalue weighted by Gasteiger charge is 2.16. The third kappa shape index (κ3) is 7.10. The van der Waals surface area contributed by atoms with Gasteiger partial charge in [-0.2, -0.15) is 0 Å². The molecule has 34 heavy (non-hydrogen) atoms. The predicted molar refractivity (Wildman–Crippen MR) is 135 cm³/mol. The first-order valence-corrected chi connectivity index (χ1v) is 11.9. The zero-order valence-electron chi connectivity index (χ0n) is 19.3. The van der Waals surface area contributed by atoms with Crippen LogP contribution >= 0.6 is 0 Å². The van der Waals surface area contributed by atoms with Crippen LogP contribution in [0.4, 0.5) is 11.4 Å². The summed E-state index contributed by atoms with van der Waals surface area (Å²) in [5, 5.41) is 9.07. The molecule has 0 bridgehead atoms. The Morgan fingerprint density at radius 3 is 2.18 bits per heavy atom. The Morgan fingerprint density at radius 1 is 0.794 bits per heavy atom. The number of nitrogens with one attached hydrogen (secondary N) is 3. The fourth-order valence-electron chi connectivity index (χ4n) is 4.02. The molecule has 0 saturated heterocycles. The average molecular weight is 458 g/mol. The molecule has 3 aromatic carbocycles. The number of hydrogen-bond acceptors (Lipinski definition) is 4. The largest absolute Gasteiger partial charge is 0.489 e. The second kappa shape index (κ2) is 11.9. The Morgan fingerprint density at radius 2 is 1.47 bits per heavy atom. The van der Waals surface area contributed by atoms with E-state index < -0.39 is 0 Å². The van der Waals surface area contributed by atoms with Crippen LogP contribution in [0.3, 0.4) is 0 Å². The number of amides is 2. The number of carbonyl (C=O) groups excluding carboxylic acids is 2. The summed E-state index contributed by atoms with van der Waals surface area (Å²) in [6.07, 6.45) is 5.71. The molecule has 1 aliphatic rings. The van der Waals surface area contributed by atoms with Gasteiger partial charge in [0, 0.05) is 23.0 Å². The Hall–Kier alpha value is -3.80. The average Bonchev–Trinajstić information content (AvgIpc) is 2.88. The lowest BCUT2D eigenvalue weighted by Crippen LogP contribution is -2.36. The van der Waals surface area contributed by atoms with E-state index in [1.165, 1.54) is 19.3 Å². The van der Waals surface area contributed by atoms with Crippen LogP contribution in [-0.4, -0.2) is 24.4 Å². The molecule has 0 aliphatic heterocycles. The maximum atomic E-state index is 12.4. The molecule has 4 rings (SSSR count). The normalized spacial score (nSPS) is 13.6. The van der Waals surface area contributed by atoms with Gasteiger partial charge in [-0.15, -0.1) is 0 Å². The van der Waals surface area contributed by atoms with Gasteiger partial charge in [0.1, 0.15) is 12.4 Å². The van der Waals surface area contributed by atoms with Crippen molar-refractivity contribution in [3.63, 3.8) is 0 Å². The van der Waals surface area contributed by atoms with Crippen LogP contribution in [0.5, 0.6) is 5.75 Å². The van der Waals surface area contributed by atoms with Crippen molar-refractivity contribution in [1.82, 2.24) is 5.32 Å². The Bertz CT molecular complexity index is 1060. The highest BCUT2D eigenvalue weighted by molar-refractivity contribution is 5.96. The quantitative estimate of drug-likeness (QED) is 0.403. The number of benzene rings is 3. The molecule has 176 valence electrons. The molecule has 0 radical (unpaired) electrons. The molecule has 1 fully saturated rings. The van der Waals surface area contributed by atoms with Crippen molar-refractivity contribution in [3.05, 3.63) is 90.0 Å². The lowest BCUT2D eigenvalue weighted by molar-refractivity contribution is -0.114. The maximum absolute atomic E-state index is 12.4. The first-order chi connectivity index (χ1) is 16.7. The van der Waals surface area contributed by atoms with Gasteiger partial charge in [-0.05, 0) is 66.9 Å².